The van der Waals surface area contributed by atoms with Gasteiger partial charge in [-0.25, -0.2) is 13.8 Å². The highest BCUT2D eigenvalue weighted by atomic mass is 19.3. The van der Waals surface area contributed by atoms with Crippen LogP contribution in [-0.4, -0.2) is 74.7 Å². The molecule has 1 saturated carbocycles. The van der Waals surface area contributed by atoms with Gasteiger partial charge in [0, 0.05) is 37.5 Å². The fourth-order valence-electron chi connectivity index (χ4n) is 5.00. The lowest BCUT2D eigenvalue weighted by atomic mass is 10.0. The lowest BCUT2D eigenvalue weighted by molar-refractivity contribution is -0.167. The topological polar surface area (TPSA) is 125 Å². The van der Waals surface area contributed by atoms with Crippen LogP contribution in [0, 0.1) is 12.8 Å². The Morgan fingerprint density at radius 1 is 1.20 bits per heavy atom. The monoisotopic (exact) mass is 552 g/mol. The van der Waals surface area contributed by atoms with E-state index in [0.717, 1.165) is 28.0 Å². The number of anilines is 1. The molecule has 1 aromatic carbocycles. The second-order valence-electron chi connectivity index (χ2n) is 10.2. The van der Waals surface area contributed by atoms with Gasteiger partial charge in [-0.3, -0.25) is 14.6 Å². The number of nitrogens with zero attached hydrogens (tertiary/aromatic N) is 3. The number of benzene rings is 1. The van der Waals surface area contributed by atoms with Crippen LogP contribution in [0.5, 0.6) is 5.75 Å². The Morgan fingerprint density at radius 2 is 2.00 bits per heavy atom. The molecule has 4 atom stereocenters. The van der Waals surface area contributed by atoms with Crippen molar-refractivity contribution in [2.24, 2.45) is 5.92 Å². The number of aromatic nitrogens is 2. The normalized spacial score (nSPS) is 22.3. The van der Waals surface area contributed by atoms with Crippen molar-refractivity contribution in [1.29, 1.82) is 0 Å². The van der Waals surface area contributed by atoms with Gasteiger partial charge in [-0.1, -0.05) is 12.1 Å². The molecule has 0 unspecified atom stereocenters. The number of rotatable bonds is 8. The number of pyridine rings is 2. The molecule has 1 aliphatic carbocycles. The average molecular weight is 553 g/mol. The molecule has 3 heterocycles. The maximum atomic E-state index is 14.8. The fourth-order valence-corrected chi connectivity index (χ4v) is 5.00. The molecule has 3 aromatic rings. The van der Waals surface area contributed by atoms with Crippen LogP contribution in [0.25, 0.3) is 11.1 Å². The number of halogens is 2. The molecule has 1 saturated heterocycles. The standard InChI is InChI=1S/C29H30F2N4O5/c1-17-11-18(4-5-24(17)40-25-7-10-35(16-29(25,30)31)28(39)23(37)15-36)19-6-9-33-26(12-19)34-27(38)22-13-21(22)20-3-2-8-32-14-20/h2-6,8-9,11-12,14,21-23,25,36-37H,7,10,13,15-16H2,1H3,(H,33,34,38)/t21-,22+,23-,25-/m0/s1. The molecule has 210 valence electrons. The minimum Gasteiger partial charge on any atom is -0.484 e. The van der Waals surface area contributed by atoms with Crippen molar-refractivity contribution in [2.75, 3.05) is 25.0 Å². The summed E-state index contributed by atoms with van der Waals surface area (Å²) in [6.45, 7) is -0.00363. The van der Waals surface area contributed by atoms with Crippen molar-refractivity contribution < 1.29 is 33.3 Å². The van der Waals surface area contributed by atoms with Crippen molar-refractivity contribution in [3.05, 3.63) is 72.2 Å². The molecule has 1 aliphatic heterocycles. The molecule has 2 amide bonds. The molecule has 11 heteroatoms. The summed E-state index contributed by atoms with van der Waals surface area (Å²) in [4.78, 5) is 34.0. The van der Waals surface area contributed by atoms with E-state index in [1.165, 1.54) is 0 Å². The molecule has 0 spiro atoms. The van der Waals surface area contributed by atoms with E-state index in [4.69, 9.17) is 9.84 Å². The number of aliphatic hydroxyl groups is 2. The zero-order valence-electron chi connectivity index (χ0n) is 21.8. The van der Waals surface area contributed by atoms with Crippen molar-refractivity contribution in [2.45, 2.75) is 43.8 Å². The molecule has 5 rings (SSSR count). The van der Waals surface area contributed by atoms with Gasteiger partial charge in [0.05, 0.1) is 13.2 Å². The highest BCUT2D eigenvalue weighted by Gasteiger charge is 2.48. The van der Waals surface area contributed by atoms with Crippen LogP contribution < -0.4 is 10.1 Å². The zero-order valence-corrected chi connectivity index (χ0v) is 21.8. The Bertz CT molecular complexity index is 1390. The van der Waals surface area contributed by atoms with Gasteiger partial charge in [-0.2, -0.15) is 0 Å². The highest BCUT2D eigenvalue weighted by molar-refractivity contribution is 5.95. The van der Waals surface area contributed by atoms with Crippen LogP contribution in [-0.2, 0) is 9.59 Å². The predicted octanol–water partition coefficient (Wildman–Crippen LogP) is 3.16. The first-order chi connectivity index (χ1) is 19.2. The number of aliphatic hydroxyl groups excluding tert-OH is 2. The van der Waals surface area contributed by atoms with Gasteiger partial charge in [-0.15, -0.1) is 0 Å². The van der Waals surface area contributed by atoms with E-state index < -0.39 is 37.2 Å². The van der Waals surface area contributed by atoms with E-state index in [-0.39, 0.29) is 30.7 Å². The maximum Gasteiger partial charge on any atom is 0.301 e. The largest absolute Gasteiger partial charge is 0.484 e. The molecule has 0 radical (unpaired) electrons. The molecule has 40 heavy (non-hydrogen) atoms. The zero-order chi connectivity index (χ0) is 28.4. The summed E-state index contributed by atoms with van der Waals surface area (Å²) >= 11 is 0. The summed E-state index contributed by atoms with van der Waals surface area (Å²) in [6.07, 6.45) is 2.54. The highest BCUT2D eigenvalue weighted by Crippen LogP contribution is 2.47. The Morgan fingerprint density at radius 3 is 2.70 bits per heavy atom. The number of alkyl halides is 2. The van der Waals surface area contributed by atoms with Gasteiger partial charge in [-0.05, 0) is 71.8 Å². The number of carbonyl (C=O) groups excluding carboxylic acids is 2. The number of ether oxygens (including phenoxy) is 1. The average Bonchev–Trinajstić information content (AvgIpc) is 3.76. The summed E-state index contributed by atoms with van der Waals surface area (Å²) in [6, 6.07) is 12.6. The first-order valence-corrected chi connectivity index (χ1v) is 13.1. The van der Waals surface area contributed by atoms with Gasteiger partial charge in [0.25, 0.3) is 5.91 Å². The number of amides is 2. The van der Waals surface area contributed by atoms with Crippen molar-refractivity contribution >= 4 is 17.6 Å². The molecule has 3 N–H and O–H groups in total. The van der Waals surface area contributed by atoms with Crippen LogP contribution in [0.2, 0.25) is 0 Å². The van der Waals surface area contributed by atoms with E-state index in [1.54, 1.807) is 49.8 Å². The second kappa shape index (κ2) is 11.3. The van der Waals surface area contributed by atoms with Gasteiger partial charge < -0.3 is 25.2 Å². The van der Waals surface area contributed by atoms with E-state index in [1.807, 2.05) is 18.2 Å². The van der Waals surface area contributed by atoms with Crippen LogP contribution in [0.1, 0.15) is 29.9 Å². The summed E-state index contributed by atoms with van der Waals surface area (Å²) in [5, 5.41) is 21.3. The third kappa shape index (κ3) is 5.95. The number of aryl methyl sites for hydroxylation is 1. The molecule has 2 aromatic heterocycles. The van der Waals surface area contributed by atoms with Crippen LogP contribution >= 0.6 is 0 Å². The Kier molecular flexibility index (Phi) is 7.77. The van der Waals surface area contributed by atoms with E-state index in [9.17, 15) is 23.5 Å². The van der Waals surface area contributed by atoms with E-state index >= 15 is 0 Å². The van der Waals surface area contributed by atoms with Gasteiger partial charge in [0.15, 0.2) is 12.2 Å². The van der Waals surface area contributed by atoms with Crippen molar-refractivity contribution in [3.63, 3.8) is 0 Å². The second-order valence-corrected chi connectivity index (χ2v) is 10.2. The Balaban J connectivity index is 1.22. The Labute approximate surface area is 229 Å². The number of piperidine rings is 1. The number of hydrogen-bond acceptors (Lipinski definition) is 7. The fraction of sp³-hybridized carbons (Fsp3) is 0.379. The minimum atomic E-state index is -3.34. The van der Waals surface area contributed by atoms with Gasteiger partial charge in [0.2, 0.25) is 5.91 Å². The molecule has 9 nitrogen and oxygen atoms in total. The number of nitrogens with one attached hydrogen (secondary N) is 1. The molecule has 2 fully saturated rings. The Hall–Kier alpha value is -3.96. The summed E-state index contributed by atoms with van der Waals surface area (Å²) in [7, 11) is 0. The molecular formula is C29H30F2N4O5. The van der Waals surface area contributed by atoms with Crippen LogP contribution in [0.3, 0.4) is 0 Å². The smallest absolute Gasteiger partial charge is 0.301 e. The van der Waals surface area contributed by atoms with Crippen LogP contribution in [0.15, 0.2) is 61.1 Å². The van der Waals surface area contributed by atoms with Crippen molar-refractivity contribution in [1.82, 2.24) is 14.9 Å². The number of carbonyl (C=O) groups is 2. The predicted molar refractivity (Wildman–Crippen MR) is 142 cm³/mol. The van der Waals surface area contributed by atoms with Crippen LogP contribution in [0.4, 0.5) is 14.6 Å². The third-order valence-corrected chi connectivity index (χ3v) is 7.33. The number of hydrogen-bond donors (Lipinski definition) is 3. The third-order valence-electron chi connectivity index (χ3n) is 7.33. The first-order valence-electron chi connectivity index (χ1n) is 13.1. The lowest BCUT2D eigenvalue weighted by Gasteiger charge is -2.38. The lowest BCUT2D eigenvalue weighted by Crippen LogP contribution is -2.57. The summed E-state index contributed by atoms with van der Waals surface area (Å²) in [5.74, 6) is -3.64. The SMILES string of the molecule is Cc1cc(-c2ccnc(NC(=O)[C@@H]3C[C@H]3c3cccnc3)c2)ccc1O[C@H]1CCN(C(=O)[C@@H](O)CO)CC1(F)F. The van der Waals surface area contributed by atoms with E-state index in [0.29, 0.717) is 17.1 Å². The molecule has 0 bridgehead atoms. The van der Waals surface area contributed by atoms with Gasteiger partial charge in [0.1, 0.15) is 11.6 Å². The van der Waals surface area contributed by atoms with Gasteiger partial charge >= 0.3 is 5.92 Å². The quantitative estimate of drug-likeness (QED) is 0.392. The van der Waals surface area contributed by atoms with Crippen molar-refractivity contribution in [3.8, 4) is 16.9 Å². The maximum absolute atomic E-state index is 14.8. The minimum absolute atomic E-state index is 0.0252. The number of likely N-dealkylation sites (tertiary alicyclic amines) is 1. The first kappa shape index (κ1) is 27.6. The van der Waals surface area contributed by atoms with E-state index in [2.05, 4.69) is 15.3 Å². The molecular weight excluding hydrogens is 522 g/mol. The molecule has 2 aliphatic rings. The summed E-state index contributed by atoms with van der Waals surface area (Å²) in [5.41, 5.74) is 3.27. The summed E-state index contributed by atoms with van der Waals surface area (Å²) < 4.78 is 35.4.